The molecule has 0 spiro atoms. The van der Waals surface area contributed by atoms with Crippen LogP contribution < -0.4 is 11.5 Å². The number of carbonyl (C=O) groups is 1. The molecule has 1 rings (SSSR count). The van der Waals surface area contributed by atoms with Crippen molar-refractivity contribution in [1.29, 1.82) is 0 Å². The Morgan fingerprint density at radius 1 is 1.50 bits per heavy atom. The van der Waals surface area contributed by atoms with Crippen LogP contribution in [0.25, 0.3) is 0 Å². The molecule has 0 aliphatic carbocycles. The highest BCUT2D eigenvalue weighted by Crippen LogP contribution is 2.28. The van der Waals surface area contributed by atoms with E-state index in [1.807, 2.05) is 0 Å². The van der Waals surface area contributed by atoms with Crippen LogP contribution >= 0.6 is 21.6 Å². The first-order valence-corrected chi connectivity index (χ1v) is 6.31. The molecule has 0 aromatic carbocycles. The molecule has 0 bridgehead atoms. The average Bonchev–Trinajstić information content (AvgIpc) is 2.19. The smallest absolute Gasteiger partial charge is 0.250 e. The Hall–Kier alpha value is -0.720. The van der Waals surface area contributed by atoms with E-state index in [1.54, 1.807) is 22.9 Å². The molecule has 4 nitrogen and oxygen atoms in total. The number of nitrogens with zero attached hydrogens (tertiary/aromatic N) is 1. The summed E-state index contributed by atoms with van der Waals surface area (Å²) in [6.07, 6.45) is 1.48. The number of rotatable bonds is 5. The van der Waals surface area contributed by atoms with Crippen molar-refractivity contribution >= 4 is 27.5 Å². The Bertz CT molecular complexity index is 302. The van der Waals surface area contributed by atoms with Crippen LogP contribution in [0.15, 0.2) is 23.4 Å². The summed E-state index contributed by atoms with van der Waals surface area (Å²) in [6, 6.07) is 3.44. The van der Waals surface area contributed by atoms with Crippen molar-refractivity contribution in [2.75, 3.05) is 12.3 Å². The molecule has 0 fully saturated rings. The molecule has 1 aromatic rings. The minimum absolute atomic E-state index is 0.429. The molecule has 0 saturated carbocycles. The normalized spacial score (nSPS) is 10.1. The number of aromatic nitrogens is 1. The topological polar surface area (TPSA) is 82.0 Å². The van der Waals surface area contributed by atoms with Crippen molar-refractivity contribution in [3.63, 3.8) is 0 Å². The first-order valence-electron chi connectivity index (χ1n) is 3.99. The van der Waals surface area contributed by atoms with E-state index in [0.717, 1.165) is 10.8 Å². The van der Waals surface area contributed by atoms with E-state index in [2.05, 4.69) is 4.98 Å². The predicted molar refractivity (Wildman–Crippen MR) is 60.1 cm³/mol. The third-order valence-electron chi connectivity index (χ3n) is 1.37. The summed E-state index contributed by atoms with van der Waals surface area (Å²) in [4.78, 5) is 14.8. The summed E-state index contributed by atoms with van der Waals surface area (Å²) >= 11 is 0. The highest BCUT2D eigenvalue weighted by atomic mass is 33.1. The van der Waals surface area contributed by atoms with Crippen LogP contribution in [0.2, 0.25) is 0 Å². The van der Waals surface area contributed by atoms with Crippen molar-refractivity contribution in [3.8, 4) is 0 Å². The molecule has 76 valence electrons. The van der Waals surface area contributed by atoms with Gasteiger partial charge >= 0.3 is 0 Å². The van der Waals surface area contributed by atoms with Crippen molar-refractivity contribution in [2.24, 2.45) is 11.5 Å². The molecule has 0 unspecified atom stereocenters. The fraction of sp³-hybridized carbons (Fsp3) is 0.250. The average molecular weight is 229 g/mol. The molecule has 14 heavy (non-hydrogen) atoms. The minimum Gasteiger partial charge on any atom is -0.366 e. The van der Waals surface area contributed by atoms with Crippen LogP contribution in [0, 0.1) is 0 Å². The molecule has 1 aromatic heterocycles. The molecular formula is C8H11N3OS2. The van der Waals surface area contributed by atoms with Crippen molar-refractivity contribution in [1.82, 2.24) is 4.98 Å². The molecule has 0 radical (unpaired) electrons. The van der Waals surface area contributed by atoms with E-state index >= 15 is 0 Å². The van der Waals surface area contributed by atoms with Gasteiger partial charge in [-0.1, -0.05) is 10.8 Å². The van der Waals surface area contributed by atoms with Crippen LogP contribution in [-0.4, -0.2) is 23.2 Å². The van der Waals surface area contributed by atoms with Crippen LogP contribution in [0.3, 0.4) is 0 Å². The Morgan fingerprint density at radius 3 is 2.79 bits per heavy atom. The van der Waals surface area contributed by atoms with Gasteiger partial charge < -0.3 is 11.5 Å². The maximum absolute atomic E-state index is 10.7. The van der Waals surface area contributed by atoms with Crippen molar-refractivity contribution in [3.05, 3.63) is 23.9 Å². The lowest BCUT2D eigenvalue weighted by Crippen LogP contribution is -2.10. The van der Waals surface area contributed by atoms with E-state index < -0.39 is 5.91 Å². The standard InChI is InChI=1S/C8H11N3OS2/c9-3-4-13-14-7-2-1-6(5-11-7)8(10)12/h1-2,5H,3-4,9H2,(H2,10,12). The second kappa shape index (κ2) is 5.90. The van der Waals surface area contributed by atoms with E-state index in [-0.39, 0.29) is 0 Å². The van der Waals surface area contributed by atoms with Crippen molar-refractivity contribution in [2.45, 2.75) is 5.03 Å². The van der Waals surface area contributed by atoms with E-state index in [0.29, 0.717) is 12.1 Å². The monoisotopic (exact) mass is 229 g/mol. The van der Waals surface area contributed by atoms with Gasteiger partial charge in [0.1, 0.15) is 5.03 Å². The SMILES string of the molecule is NCCSSc1ccc(C(N)=O)cn1. The zero-order valence-corrected chi connectivity index (χ0v) is 9.11. The van der Waals surface area contributed by atoms with E-state index in [4.69, 9.17) is 11.5 Å². The lowest BCUT2D eigenvalue weighted by molar-refractivity contribution is 0.1000. The predicted octanol–water partition coefficient (Wildman–Crippen LogP) is 0.880. The summed E-state index contributed by atoms with van der Waals surface area (Å²) in [5.74, 6) is 0.424. The van der Waals surface area contributed by atoms with Crippen LogP contribution in [0.5, 0.6) is 0 Å². The lowest BCUT2D eigenvalue weighted by atomic mass is 10.3. The minimum atomic E-state index is -0.455. The number of hydrogen-bond acceptors (Lipinski definition) is 5. The summed E-state index contributed by atoms with van der Waals surface area (Å²) in [6.45, 7) is 0.650. The number of nitrogens with two attached hydrogens (primary N) is 2. The van der Waals surface area contributed by atoms with Gasteiger partial charge in [0.05, 0.1) is 5.56 Å². The van der Waals surface area contributed by atoms with Gasteiger partial charge in [-0.05, 0) is 22.9 Å². The first kappa shape index (κ1) is 11.4. The van der Waals surface area contributed by atoms with Gasteiger partial charge in [-0.25, -0.2) is 4.98 Å². The summed E-state index contributed by atoms with van der Waals surface area (Å²) in [7, 11) is 3.17. The number of primary amides is 1. The van der Waals surface area contributed by atoms with Gasteiger partial charge in [0.15, 0.2) is 0 Å². The number of pyridine rings is 1. The Labute approximate surface area is 90.2 Å². The molecule has 0 aliphatic heterocycles. The molecule has 0 aliphatic rings. The molecule has 4 N–H and O–H groups in total. The fourth-order valence-electron chi connectivity index (χ4n) is 0.725. The van der Waals surface area contributed by atoms with Gasteiger partial charge in [0.25, 0.3) is 0 Å². The highest BCUT2D eigenvalue weighted by molar-refractivity contribution is 8.76. The largest absolute Gasteiger partial charge is 0.366 e. The molecular weight excluding hydrogens is 218 g/mol. The quantitative estimate of drug-likeness (QED) is 0.578. The third-order valence-corrected chi connectivity index (χ3v) is 3.66. The zero-order valence-electron chi connectivity index (χ0n) is 7.47. The number of carbonyl (C=O) groups excluding carboxylic acids is 1. The lowest BCUT2D eigenvalue weighted by Gasteiger charge is -1.99. The van der Waals surface area contributed by atoms with E-state index in [9.17, 15) is 4.79 Å². The van der Waals surface area contributed by atoms with Gasteiger partial charge in [0, 0.05) is 18.5 Å². The second-order valence-electron chi connectivity index (χ2n) is 2.44. The molecule has 1 heterocycles. The maximum atomic E-state index is 10.7. The van der Waals surface area contributed by atoms with Gasteiger partial charge in [0.2, 0.25) is 5.91 Å². The van der Waals surface area contributed by atoms with Crippen LogP contribution in [-0.2, 0) is 0 Å². The van der Waals surface area contributed by atoms with Crippen LogP contribution in [0.1, 0.15) is 10.4 Å². The Balaban J connectivity index is 2.51. The number of amides is 1. The van der Waals surface area contributed by atoms with E-state index in [1.165, 1.54) is 17.0 Å². The third kappa shape index (κ3) is 3.57. The van der Waals surface area contributed by atoms with Gasteiger partial charge in [-0.15, -0.1) is 0 Å². The maximum Gasteiger partial charge on any atom is 0.250 e. The Morgan fingerprint density at radius 2 is 2.29 bits per heavy atom. The van der Waals surface area contributed by atoms with Gasteiger partial charge in [-0.2, -0.15) is 0 Å². The number of hydrogen-bond donors (Lipinski definition) is 2. The second-order valence-corrected chi connectivity index (χ2v) is 4.88. The van der Waals surface area contributed by atoms with Crippen LogP contribution in [0.4, 0.5) is 0 Å². The molecule has 0 saturated heterocycles. The Kier molecular flexibility index (Phi) is 4.78. The molecule has 1 amide bonds. The molecule has 6 heteroatoms. The molecule has 0 atom stereocenters. The summed E-state index contributed by atoms with van der Waals surface area (Å²) < 4.78 is 0. The highest BCUT2D eigenvalue weighted by Gasteiger charge is 2.01. The summed E-state index contributed by atoms with van der Waals surface area (Å²) in [5, 5.41) is 0.855. The fourth-order valence-corrected chi connectivity index (χ4v) is 2.44. The summed E-state index contributed by atoms with van der Waals surface area (Å²) in [5.41, 5.74) is 10.8. The van der Waals surface area contributed by atoms with Gasteiger partial charge in [-0.3, -0.25) is 4.79 Å². The zero-order chi connectivity index (χ0) is 10.4. The van der Waals surface area contributed by atoms with Crippen molar-refractivity contribution < 1.29 is 4.79 Å². The first-order chi connectivity index (χ1) is 6.74.